The second-order valence-electron chi connectivity index (χ2n) is 4.04. The van der Waals surface area contributed by atoms with Gasteiger partial charge in [0.25, 0.3) is 0 Å². The summed E-state index contributed by atoms with van der Waals surface area (Å²) in [6.45, 7) is 6.58. The molecular formula is C12H25NO2S. The van der Waals surface area contributed by atoms with Crippen LogP contribution in [0.15, 0.2) is 0 Å². The minimum Gasteiger partial charge on any atom is -0.466 e. The smallest absolute Gasteiger partial charge is 0.307 e. The van der Waals surface area contributed by atoms with Crippen LogP contribution < -0.4 is 0 Å². The van der Waals surface area contributed by atoms with Crippen molar-refractivity contribution < 1.29 is 9.53 Å². The summed E-state index contributed by atoms with van der Waals surface area (Å²) in [6, 6.07) is 0.788. The molecule has 0 saturated carbocycles. The highest BCUT2D eigenvalue weighted by molar-refractivity contribution is 7.98. The van der Waals surface area contributed by atoms with E-state index in [0.29, 0.717) is 19.1 Å². The lowest BCUT2D eigenvalue weighted by Gasteiger charge is -2.31. The molecule has 0 amide bonds. The van der Waals surface area contributed by atoms with Crippen molar-refractivity contribution in [2.45, 2.75) is 45.7 Å². The predicted molar refractivity (Wildman–Crippen MR) is 70.9 cm³/mol. The van der Waals surface area contributed by atoms with Gasteiger partial charge in [-0.15, -0.1) is 0 Å². The van der Waals surface area contributed by atoms with Crippen LogP contribution in [0.4, 0.5) is 0 Å². The standard InChI is InChI=1S/C12H25NO2S/c1-6-11(9-16-5)13(4)10(3)8-12(14)15-7-2/h10-11H,6-9H2,1-5H3. The van der Waals surface area contributed by atoms with Gasteiger partial charge in [0.2, 0.25) is 0 Å². The summed E-state index contributed by atoms with van der Waals surface area (Å²) in [5, 5.41) is 0. The number of ether oxygens (including phenoxy) is 1. The third-order valence-electron chi connectivity index (χ3n) is 2.87. The summed E-state index contributed by atoms with van der Waals surface area (Å²) in [7, 11) is 2.09. The van der Waals surface area contributed by atoms with Gasteiger partial charge in [0, 0.05) is 17.8 Å². The molecule has 2 unspecified atom stereocenters. The van der Waals surface area contributed by atoms with Crippen LogP contribution in [-0.4, -0.2) is 48.6 Å². The second-order valence-corrected chi connectivity index (χ2v) is 4.95. The molecule has 0 saturated heterocycles. The van der Waals surface area contributed by atoms with Crippen molar-refractivity contribution in [3.05, 3.63) is 0 Å². The van der Waals surface area contributed by atoms with Gasteiger partial charge in [-0.3, -0.25) is 9.69 Å². The fourth-order valence-electron chi connectivity index (χ4n) is 1.68. The van der Waals surface area contributed by atoms with E-state index in [2.05, 4.69) is 32.1 Å². The normalized spacial score (nSPS) is 14.9. The van der Waals surface area contributed by atoms with E-state index in [1.54, 1.807) is 0 Å². The van der Waals surface area contributed by atoms with Gasteiger partial charge < -0.3 is 4.74 Å². The van der Waals surface area contributed by atoms with Crippen LogP contribution in [0.1, 0.15) is 33.6 Å². The molecule has 16 heavy (non-hydrogen) atoms. The number of rotatable bonds is 8. The molecule has 0 N–H and O–H groups in total. The lowest BCUT2D eigenvalue weighted by Crippen LogP contribution is -2.41. The van der Waals surface area contributed by atoms with Crippen molar-refractivity contribution >= 4 is 17.7 Å². The maximum atomic E-state index is 11.4. The van der Waals surface area contributed by atoms with Crippen molar-refractivity contribution in [1.29, 1.82) is 0 Å². The maximum Gasteiger partial charge on any atom is 0.307 e. The van der Waals surface area contributed by atoms with Crippen LogP contribution >= 0.6 is 11.8 Å². The zero-order valence-corrected chi connectivity index (χ0v) is 12.0. The molecule has 0 fully saturated rings. The van der Waals surface area contributed by atoms with Gasteiger partial charge in [0.1, 0.15) is 0 Å². The minimum absolute atomic E-state index is 0.0964. The summed E-state index contributed by atoms with van der Waals surface area (Å²) in [5.74, 6) is 1.01. The van der Waals surface area contributed by atoms with Crippen LogP contribution in [0.25, 0.3) is 0 Å². The van der Waals surface area contributed by atoms with E-state index in [1.807, 2.05) is 18.7 Å². The van der Waals surface area contributed by atoms with Gasteiger partial charge in [0.05, 0.1) is 13.0 Å². The molecule has 0 aromatic rings. The number of thioether (sulfide) groups is 1. The van der Waals surface area contributed by atoms with Crippen LogP contribution in [-0.2, 0) is 9.53 Å². The summed E-state index contributed by atoms with van der Waals surface area (Å²) >= 11 is 1.85. The Morgan fingerprint density at radius 2 is 2.06 bits per heavy atom. The highest BCUT2D eigenvalue weighted by atomic mass is 32.2. The van der Waals surface area contributed by atoms with Crippen LogP contribution in [0.3, 0.4) is 0 Å². The molecule has 0 heterocycles. The topological polar surface area (TPSA) is 29.5 Å². The van der Waals surface area contributed by atoms with Crippen LogP contribution in [0.5, 0.6) is 0 Å². The van der Waals surface area contributed by atoms with E-state index in [9.17, 15) is 4.79 Å². The Balaban J connectivity index is 4.13. The first-order valence-corrected chi connectivity index (χ1v) is 7.32. The molecule has 0 aliphatic carbocycles. The molecule has 0 aliphatic rings. The number of hydrogen-bond donors (Lipinski definition) is 0. The molecule has 0 aliphatic heterocycles. The molecule has 96 valence electrons. The van der Waals surface area contributed by atoms with E-state index in [4.69, 9.17) is 4.74 Å². The number of nitrogens with zero attached hydrogens (tertiary/aromatic N) is 1. The zero-order chi connectivity index (χ0) is 12.6. The highest BCUT2D eigenvalue weighted by Gasteiger charge is 2.20. The molecule has 0 rings (SSSR count). The number of hydrogen-bond acceptors (Lipinski definition) is 4. The van der Waals surface area contributed by atoms with Gasteiger partial charge in [-0.05, 0) is 33.6 Å². The lowest BCUT2D eigenvalue weighted by molar-refractivity contribution is -0.144. The van der Waals surface area contributed by atoms with Crippen molar-refractivity contribution in [2.24, 2.45) is 0 Å². The summed E-state index contributed by atoms with van der Waals surface area (Å²) in [4.78, 5) is 13.7. The fourth-order valence-corrected chi connectivity index (χ4v) is 2.54. The number of esters is 1. The van der Waals surface area contributed by atoms with E-state index in [0.717, 1.165) is 12.2 Å². The van der Waals surface area contributed by atoms with Crippen molar-refractivity contribution in [1.82, 2.24) is 4.90 Å². The Bertz CT molecular complexity index is 199. The van der Waals surface area contributed by atoms with Gasteiger partial charge >= 0.3 is 5.97 Å². The molecule has 0 spiro atoms. The third-order valence-corrected chi connectivity index (χ3v) is 3.59. The Kier molecular flexibility index (Phi) is 8.76. The molecule has 3 nitrogen and oxygen atoms in total. The maximum absolute atomic E-state index is 11.4. The quantitative estimate of drug-likeness (QED) is 0.616. The van der Waals surface area contributed by atoms with Gasteiger partial charge in [-0.25, -0.2) is 0 Å². The van der Waals surface area contributed by atoms with Gasteiger partial charge in [-0.1, -0.05) is 6.92 Å². The predicted octanol–water partition coefficient (Wildman–Crippen LogP) is 2.40. The average Bonchev–Trinajstić information content (AvgIpc) is 2.25. The molecule has 4 heteroatoms. The molecule has 0 radical (unpaired) electrons. The van der Waals surface area contributed by atoms with E-state index in [1.165, 1.54) is 0 Å². The summed E-state index contributed by atoms with van der Waals surface area (Å²) < 4.78 is 4.97. The number of carbonyl (C=O) groups is 1. The number of carbonyl (C=O) groups excluding carboxylic acids is 1. The Hall–Kier alpha value is -0.220. The second kappa shape index (κ2) is 8.88. The third kappa shape index (κ3) is 5.75. The monoisotopic (exact) mass is 247 g/mol. The first-order chi connectivity index (χ1) is 7.56. The Morgan fingerprint density at radius 1 is 1.44 bits per heavy atom. The molecule has 0 bridgehead atoms. The molecule has 2 atom stereocenters. The Labute approximate surface area is 104 Å². The van der Waals surface area contributed by atoms with Gasteiger partial charge in [0.15, 0.2) is 0 Å². The van der Waals surface area contributed by atoms with Crippen LogP contribution in [0, 0.1) is 0 Å². The minimum atomic E-state index is -0.0964. The lowest BCUT2D eigenvalue weighted by atomic mass is 10.1. The zero-order valence-electron chi connectivity index (χ0n) is 11.2. The van der Waals surface area contributed by atoms with E-state index >= 15 is 0 Å². The molecular weight excluding hydrogens is 222 g/mol. The van der Waals surface area contributed by atoms with Crippen molar-refractivity contribution in [2.75, 3.05) is 25.7 Å². The summed E-state index contributed by atoms with van der Waals surface area (Å²) in [5.41, 5.74) is 0. The Morgan fingerprint density at radius 3 is 2.50 bits per heavy atom. The highest BCUT2D eigenvalue weighted by Crippen LogP contribution is 2.13. The fraction of sp³-hybridized carbons (Fsp3) is 0.917. The van der Waals surface area contributed by atoms with Crippen molar-refractivity contribution in [3.63, 3.8) is 0 Å². The van der Waals surface area contributed by atoms with E-state index < -0.39 is 0 Å². The van der Waals surface area contributed by atoms with Crippen molar-refractivity contribution in [3.8, 4) is 0 Å². The average molecular weight is 247 g/mol. The summed E-state index contributed by atoms with van der Waals surface area (Å²) in [6.07, 6.45) is 3.71. The van der Waals surface area contributed by atoms with Gasteiger partial charge in [-0.2, -0.15) is 11.8 Å². The first kappa shape index (κ1) is 15.8. The van der Waals surface area contributed by atoms with Crippen LogP contribution in [0.2, 0.25) is 0 Å². The molecule has 0 aromatic heterocycles. The SMILES string of the molecule is CCOC(=O)CC(C)N(C)C(CC)CSC. The molecule has 0 aromatic carbocycles. The first-order valence-electron chi connectivity index (χ1n) is 5.93. The van der Waals surface area contributed by atoms with E-state index in [-0.39, 0.29) is 12.0 Å². The largest absolute Gasteiger partial charge is 0.466 e.